The van der Waals surface area contributed by atoms with Crippen molar-refractivity contribution in [3.05, 3.63) is 34.9 Å². The van der Waals surface area contributed by atoms with Crippen LogP contribution in [0.25, 0.3) is 0 Å². The van der Waals surface area contributed by atoms with Crippen LogP contribution < -0.4 is 0 Å². The Morgan fingerprint density at radius 1 is 0.760 bits per heavy atom. The molecular weight excluding hydrogens is 310 g/mol. The number of nitrogens with zero attached hydrogens (tertiary/aromatic N) is 1. The van der Waals surface area contributed by atoms with Gasteiger partial charge in [-0.15, -0.1) is 0 Å². The van der Waals surface area contributed by atoms with E-state index in [1.165, 1.54) is 42.5 Å². The minimum atomic E-state index is -0.721. The van der Waals surface area contributed by atoms with Crippen LogP contribution in [0.15, 0.2) is 34.9 Å². The molecular formula is C22H39NO2. The smallest absolute Gasteiger partial charge is 0.303 e. The predicted molar refractivity (Wildman–Crippen MR) is 109 cm³/mol. The third-order valence-corrected chi connectivity index (χ3v) is 4.34. The molecule has 0 aromatic rings. The minimum absolute atomic E-state index is 0.229. The Morgan fingerprint density at radius 3 is 1.64 bits per heavy atom. The molecule has 0 amide bonds. The summed E-state index contributed by atoms with van der Waals surface area (Å²) in [4.78, 5) is 12.7. The van der Waals surface area contributed by atoms with Crippen molar-refractivity contribution in [2.45, 2.75) is 78.6 Å². The maximum absolute atomic E-state index is 10.5. The molecule has 3 heteroatoms. The van der Waals surface area contributed by atoms with Gasteiger partial charge in [-0.3, -0.25) is 4.79 Å². The van der Waals surface area contributed by atoms with Gasteiger partial charge in [0.2, 0.25) is 0 Å². The first-order valence-electron chi connectivity index (χ1n) is 9.64. The van der Waals surface area contributed by atoms with E-state index in [4.69, 9.17) is 5.11 Å². The highest BCUT2D eigenvalue weighted by Crippen LogP contribution is 2.14. The van der Waals surface area contributed by atoms with E-state index in [1.807, 2.05) is 0 Å². The minimum Gasteiger partial charge on any atom is -0.481 e. The van der Waals surface area contributed by atoms with Crippen molar-refractivity contribution in [1.29, 1.82) is 0 Å². The van der Waals surface area contributed by atoms with Gasteiger partial charge in [-0.25, -0.2) is 0 Å². The molecule has 3 nitrogen and oxygen atoms in total. The van der Waals surface area contributed by atoms with Crippen LogP contribution in [0.5, 0.6) is 0 Å². The highest BCUT2D eigenvalue weighted by Gasteiger charge is 1.96. The lowest BCUT2D eigenvalue weighted by molar-refractivity contribution is -0.136. The van der Waals surface area contributed by atoms with Crippen molar-refractivity contribution in [2.75, 3.05) is 20.6 Å². The molecule has 0 aliphatic carbocycles. The van der Waals surface area contributed by atoms with E-state index >= 15 is 0 Å². The molecule has 0 unspecified atom stereocenters. The Kier molecular flexibility index (Phi) is 14.1. The van der Waals surface area contributed by atoms with E-state index < -0.39 is 5.97 Å². The van der Waals surface area contributed by atoms with Gasteiger partial charge in [0.05, 0.1) is 0 Å². The zero-order chi connectivity index (χ0) is 19.1. The van der Waals surface area contributed by atoms with E-state index in [2.05, 4.69) is 58.0 Å². The molecule has 0 heterocycles. The Morgan fingerprint density at radius 2 is 1.20 bits per heavy atom. The summed E-state index contributed by atoms with van der Waals surface area (Å²) in [6.07, 6.45) is 15.8. The highest BCUT2D eigenvalue weighted by molar-refractivity contribution is 5.66. The molecule has 0 fully saturated rings. The van der Waals surface area contributed by atoms with Crippen molar-refractivity contribution in [1.82, 2.24) is 4.90 Å². The summed E-state index contributed by atoms with van der Waals surface area (Å²) in [6, 6.07) is 0. The van der Waals surface area contributed by atoms with Gasteiger partial charge in [0, 0.05) is 6.42 Å². The molecule has 0 saturated carbocycles. The number of allylic oxidation sites excluding steroid dienone is 6. The fraction of sp³-hybridized carbons (Fsp3) is 0.682. The fourth-order valence-electron chi connectivity index (χ4n) is 2.67. The van der Waals surface area contributed by atoms with E-state index in [9.17, 15) is 4.79 Å². The van der Waals surface area contributed by atoms with Crippen molar-refractivity contribution < 1.29 is 9.90 Å². The van der Waals surface area contributed by atoms with Gasteiger partial charge in [-0.2, -0.15) is 0 Å². The number of carboxylic acid groups (broad SMARTS) is 1. The molecule has 144 valence electrons. The largest absolute Gasteiger partial charge is 0.481 e. The molecule has 0 rings (SSSR count). The van der Waals surface area contributed by atoms with Crippen LogP contribution in [0, 0.1) is 0 Å². The third-order valence-electron chi connectivity index (χ3n) is 4.34. The van der Waals surface area contributed by atoms with Crippen LogP contribution in [0.2, 0.25) is 0 Å². The summed E-state index contributed by atoms with van der Waals surface area (Å²) in [5, 5.41) is 8.63. The summed E-state index contributed by atoms with van der Waals surface area (Å²) in [7, 11) is 4.26. The van der Waals surface area contributed by atoms with E-state index in [-0.39, 0.29) is 6.42 Å². The van der Waals surface area contributed by atoms with E-state index in [0.29, 0.717) is 6.42 Å². The maximum Gasteiger partial charge on any atom is 0.303 e. The van der Waals surface area contributed by atoms with Crippen molar-refractivity contribution in [2.24, 2.45) is 0 Å². The SMILES string of the molecule is CC(=CCCC(=O)O)CCC=C(C)CCC=C(C)CCCCN(C)C. The summed E-state index contributed by atoms with van der Waals surface area (Å²) < 4.78 is 0. The topological polar surface area (TPSA) is 40.5 Å². The number of rotatable bonds is 14. The second-order valence-electron chi connectivity index (χ2n) is 7.42. The van der Waals surface area contributed by atoms with Crippen LogP contribution in [-0.2, 0) is 4.79 Å². The van der Waals surface area contributed by atoms with Crippen LogP contribution in [0.4, 0.5) is 0 Å². The van der Waals surface area contributed by atoms with Gasteiger partial charge in [-0.05, 0) is 92.8 Å². The quantitative estimate of drug-likeness (QED) is 0.310. The normalized spacial score (nSPS) is 13.6. The van der Waals surface area contributed by atoms with Gasteiger partial charge in [0.15, 0.2) is 0 Å². The molecule has 0 aliphatic rings. The number of unbranched alkanes of at least 4 members (excludes halogenated alkanes) is 1. The Hall–Kier alpha value is -1.35. The second kappa shape index (κ2) is 14.9. The van der Waals surface area contributed by atoms with Gasteiger partial charge in [-0.1, -0.05) is 34.9 Å². The van der Waals surface area contributed by atoms with Crippen LogP contribution in [0.1, 0.15) is 78.6 Å². The third kappa shape index (κ3) is 17.3. The first-order valence-corrected chi connectivity index (χ1v) is 9.64. The predicted octanol–water partition coefficient (Wildman–Crippen LogP) is 5.98. The Bertz CT molecular complexity index is 459. The molecule has 0 bridgehead atoms. The molecule has 0 aromatic carbocycles. The lowest BCUT2D eigenvalue weighted by atomic mass is 10.0. The second-order valence-corrected chi connectivity index (χ2v) is 7.42. The summed E-state index contributed by atoms with van der Waals surface area (Å²) >= 11 is 0. The first-order chi connectivity index (χ1) is 11.8. The monoisotopic (exact) mass is 349 g/mol. The highest BCUT2D eigenvalue weighted by atomic mass is 16.4. The van der Waals surface area contributed by atoms with Crippen molar-refractivity contribution >= 4 is 5.97 Å². The van der Waals surface area contributed by atoms with Gasteiger partial charge in [0.1, 0.15) is 0 Å². The summed E-state index contributed by atoms with van der Waals surface area (Å²) in [5.41, 5.74) is 4.26. The number of hydrogen-bond acceptors (Lipinski definition) is 2. The molecule has 0 aliphatic heterocycles. The summed E-state index contributed by atoms with van der Waals surface area (Å²) in [6.45, 7) is 7.73. The van der Waals surface area contributed by atoms with E-state index in [1.54, 1.807) is 0 Å². The number of hydrogen-bond donors (Lipinski definition) is 1. The molecule has 0 spiro atoms. The molecule has 1 N–H and O–H groups in total. The maximum atomic E-state index is 10.5. The zero-order valence-electron chi connectivity index (χ0n) is 17.1. The molecule has 0 atom stereocenters. The zero-order valence-corrected chi connectivity index (χ0v) is 17.1. The Balaban J connectivity index is 3.89. The number of carboxylic acids is 1. The van der Waals surface area contributed by atoms with E-state index in [0.717, 1.165) is 25.7 Å². The van der Waals surface area contributed by atoms with Crippen molar-refractivity contribution in [3.63, 3.8) is 0 Å². The average Bonchev–Trinajstić information content (AvgIpc) is 2.51. The van der Waals surface area contributed by atoms with Crippen molar-refractivity contribution in [3.8, 4) is 0 Å². The lowest BCUT2D eigenvalue weighted by Crippen LogP contribution is -2.12. The standard InChI is InChI=1S/C22H39NO2/c1-19(11-6-7-18-23(4)5)12-8-13-20(2)14-9-15-21(3)16-10-17-22(24)25/h12,14,16H,6-11,13,15,17-18H2,1-5H3,(H,24,25). The fourth-order valence-corrected chi connectivity index (χ4v) is 2.67. The summed E-state index contributed by atoms with van der Waals surface area (Å²) in [5.74, 6) is -0.721. The molecule has 0 aromatic heterocycles. The lowest BCUT2D eigenvalue weighted by Gasteiger charge is -2.08. The van der Waals surface area contributed by atoms with Crippen LogP contribution >= 0.6 is 0 Å². The number of aliphatic carboxylic acids is 1. The average molecular weight is 350 g/mol. The molecule has 25 heavy (non-hydrogen) atoms. The van der Waals surface area contributed by atoms with Crippen LogP contribution in [0.3, 0.4) is 0 Å². The number of carbonyl (C=O) groups is 1. The van der Waals surface area contributed by atoms with Gasteiger partial charge >= 0.3 is 5.97 Å². The van der Waals surface area contributed by atoms with Gasteiger partial charge in [0.25, 0.3) is 0 Å². The Labute approximate surface area is 155 Å². The molecule has 0 saturated heterocycles. The van der Waals surface area contributed by atoms with Gasteiger partial charge < -0.3 is 10.0 Å². The first kappa shape index (κ1) is 23.6. The van der Waals surface area contributed by atoms with Crippen LogP contribution in [-0.4, -0.2) is 36.6 Å². The molecule has 0 radical (unpaired) electrons.